The zero-order chi connectivity index (χ0) is 13.8. The lowest BCUT2D eigenvalue weighted by molar-refractivity contribution is -0.126. The highest BCUT2D eigenvalue weighted by atomic mass is 16.5. The summed E-state index contributed by atoms with van der Waals surface area (Å²) >= 11 is 0. The van der Waals surface area contributed by atoms with E-state index in [-0.39, 0.29) is 11.9 Å². The monoisotopic (exact) mass is 264 g/mol. The molecule has 0 aromatic heterocycles. The van der Waals surface area contributed by atoms with Crippen molar-refractivity contribution >= 4 is 5.91 Å². The summed E-state index contributed by atoms with van der Waals surface area (Å²) in [6.45, 7) is 5.33. The summed E-state index contributed by atoms with van der Waals surface area (Å²) in [7, 11) is 1.59. The number of amides is 1. The van der Waals surface area contributed by atoms with Gasteiger partial charge in [0.25, 0.3) is 5.91 Å². The van der Waals surface area contributed by atoms with E-state index in [9.17, 15) is 4.79 Å². The van der Waals surface area contributed by atoms with Gasteiger partial charge in [0.15, 0.2) is 6.10 Å². The molecule has 1 aromatic rings. The van der Waals surface area contributed by atoms with Crippen molar-refractivity contribution in [3.05, 3.63) is 23.8 Å². The number of hydrogen-bond donors (Lipinski definition) is 2. The van der Waals surface area contributed by atoms with Crippen LogP contribution in [0.4, 0.5) is 0 Å². The van der Waals surface area contributed by atoms with Crippen LogP contribution >= 0.6 is 0 Å². The van der Waals surface area contributed by atoms with E-state index in [0.717, 1.165) is 17.9 Å². The smallest absolute Gasteiger partial charge is 0.260 e. The summed E-state index contributed by atoms with van der Waals surface area (Å²) in [5.41, 5.74) is 1.14. The number of likely N-dealkylation sites (N-methyl/N-ethyl adjacent to an activating group) is 2. The number of carbonyl (C=O) groups excluding carboxylic acids is 1. The van der Waals surface area contributed by atoms with Gasteiger partial charge in [-0.1, -0.05) is 6.92 Å². The van der Waals surface area contributed by atoms with Crippen molar-refractivity contribution in [3.8, 4) is 11.5 Å². The topological polar surface area (TPSA) is 59.6 Å². The Balaban J connectivity index is 2.08. The van der Waals surface area contributed by atoms with Crippen LogP contribution in [-0.4, -0.2) is 32.2 Å². The van der Waals surface area contributed by atoms with Crippen molar-refractivity contribution < 1.29 is 14.3 Å². The van der Waals surface area contributed by atoms with Crippen LogP contribution < -0.4 is 20.1 Å². The predicted octanol–water partition coefficient (Wildman–Crippen LogP) is 1.24. The van der Waals surface area contributed by atoms with E-state index in [2.05, 4.69) is 17.6 Å². The Morgan fingerprint density at radius 3 is 3.05 bits per heavy atom. The average molecular weight is 264 g/mol. The van der Waals surface area contributed by atoms with Gasteiger partial charge >= 0.3 is 0 Å². The molecular weight excluding hydrogens is 244 g/mol. The fourth-order valence-electron chi connectivity index (χ4n) is 2.14. The summed E-state index contributed by atoms with van der Waals surface area (Å²) in [4.78, 5) is 11.4. The van der Waals surface area contributed by atoms with Crippen LogP contribution in [0.25, 0.3) is 0 Å². The molecule has 0 saturated heterocycles. The van der Waals surface area contributed by atoms with Gasteiger partial charge < -0.3 is 20.1 Å². The number of fused-ring (bicyclic) bond motifs is 1. The zero-order valence-electron chi connectivity index (χ0n) is 11.5. The molecule has 1 heterocycles. The van der Waals surface area contributed by atoms with Gasteiger partial charge in [0, 0.05) is 18.7 Å². The molecule has 2 N–H and O–H groups in total. The first-order chi connectivity index (χ1) is 9.15. The maximum Gasteiger partial charge on any atom is 0.260 e. The molecule has 2 rings (SSSR count). The summed E-state index contributed by atoms with van der Waals surface area (Å²) in [5.74, 6) is 1.33. The molecule has 0 saturated carbocycles. The Morgan fingerprint density at radius 2 is 2.37 bits per heavy atom. The molecule has 2 atom stereocenters. The highest BCUT2D eigenvalue weighted by Crippen LogP contribution is 2.35. The molecular formula is C14H20N2O3. The minimum absolute atomic E-state index is 0.146. The zero-order valence-corrected chi connectivity index (χ0v) is 11.5. The van der Waals surface area contributed by atoms with Crippen LogP contribution in [0.2, 0.25) is 0 Å². The molecule has 1 aliphatic heterocycles. The molecule has 0 radical (unpaired) electrons. The number of carbonyl (C=O) groups is 1. The first-order valence-electron chi connectivity index (χ1n) is 6.54. The first kappa shape index (κ1) is 13.7. The van der Waals surface area contributed by atoms with Crippen LogP contribution in [0, 0.1) is 0 Å². The lowest BCUT2D eigenvalue weighted by Crippen LogP contribution is -2.33. The predicted molar refractivity (Wildman–Crippen MR) is 72.5 cm³/mol. The summed E-state index contributed by atoms with van der Waals surface area (Å²) in [6, 6.07) is 5.94. The SMILES string of the molecule is CCNC1COc2cc(OC(C)C(=O)NC)ccc21. The van der Waals surface area contributed by atoms with Crippen molar-refractivity contribution in [2.75, 3.05) is 20.2 Å². The van der Waals surface area contributed by atoms with Crippen LogP contribution in [0.1, 0.15) is 25.5 Å². The molecule has 1 amide bonds. The van der Waals surface area contributed by atoms with E-state index in [4.69, 9.17) is 9.47 Å². The molecule has 104 valence electrons. The van der Waals surface area contributed by atoms with Crippen molar-refractivity contribution in [2.24, 2.45) is 0 Å². The Kier molecular flexibility index (Phi) is 4.27. The van der Waals surface area contributed by atoms with Crippen LogP contribution in [0.3, 0.4) is 0 Å². The first-order valence-corrected chi connectivity index (χ1v) is 6.54. The molecule has 1 aliphatic rings. The third kappa shape index (κ3) is 2.98. The highest BCUT2D eigenvalue weighted by molar-refractivity contribution is 5.80. The van der Waals surface area contributed by atoms with Gasteiger partial charge in [-0.25, -0.2) is 0 Å². The molecule has 0 spiro atoms. The number of ether oxygens (including phenoxy) is 2. The van der Waals surface area contributed by atoms with E-state index in [1.54, 1.807) is 14.0 Å². The van der Waals surface area contributed by atoms with E-state index < -0.39 is 6.10 Å². The Bertz CT molecular complexity index is 462. The molecule has 0 fully saturated rings. The highest BCUT2D eigenvalue weighted by Gasteiger charge is 2.24. The number of rotatable bonds is 5. The Hall–Kier alpha value is -1.75. The van der Waals surface area contributed by atoms with Crippen molar-refractivity contribution in [2.45, 2.75) is 26.0 Å². The van der Waals surface area contributed by atoms with Crippen LogP contribution in [0.5, 0.6) is 11.5 Å². The summed E-state index contributed by atoms with van der Waals surface area (Å²) < 4.78 is 11.2. The second-order valence-electron chi connectivity index (χ2n) is 4.50. The standard InChI is InChI=1S/C14H20N2O3/c1-4-16-12-8-18-13-7-10(5-6-11(12)13)19-9(2)14(17)15-3/h5-7,9,12,16H,4,8H2,1-3H3,(H,15,17). The van der Waals surface area contributed by atoms with Crippen molar-refractivity contribution in [1.82, 2.24) is 10.6 Å². The molecule has 2 unspecified atom stereocenters. The van der Waals surface area contributed by atoms with E-state index in [0.29, 0.717) is 12.4 Å². The second kappa shape index (κ2) is 5.93. The largest absolute Gasteiger partial charge is 0.491 e. The van der Waals surface area contributed by atoms with Gasteiger partial charge in [-0.3, -0.25) is 4.79 Å². The normalized spacial score (nSPS) is 18.4. The fraction of sp³-hybridized carbons (Fsp3) is 0.500. The Morgan fingerprint density at radius 1 is 1.58 bits per heavy atom. The van der Waals surface area contributed by atoms with Gasteiger partial charge in [-0.05, 0) is 25.6 Å². The molecule has 0 aliphatic carbocycles. The second-order valence-corrected chi connectivity index (χ2v) is 4.50. The molecule has 5 heteroatoms. The quantitative estimate of drug-likeness (QED) is 0.840. The molecule has 0 bridgehead atoms. The minimum Gasteiger partial charge on any atom is -0.491 e. The van der Waals surface area contributed by atoms with Crippen LogP contribution in [0.15, 0.2) is 18.2 Å². The minimum atomic E-state index is -0.519. The van der Waals surface area contributed by atoms with E-state index in [1.807, 2.05) is 18.2 Å². The van der Waals surface area contributed by atoms with Gasteiger partial charge in [0.2, 0.25) is 0 Å². The lowest BCUT2D eigenvalue weighted by atomic mass is 10.1. The fourth-order valence-corrected chi connectivity index (χ4v) is 2.14. The number of benzene rings is 1. The van der Waals surface area contributed by atoms with Gasteiger partial charge in [0.05, 0.1) is 6.04 Å². The number of hydrogen-bond acceptors (Lipinski definition) is 4. The molecule has 1 aromatic carbocycles. The van der Waals surface area contributed by atoms with Crippen molar-refractivity contribution in [3.63, 3.8) is 0 Å². The molecule has 19 heavy (non-hydrogen) atoms. The summed E-state index contributed by atoms with van der Waals surface area (Å²) in [5, 5.41) is 5.91. The number of nitrogens with one attached hydrogen (secondary N) is 2. The lowest BCUT2D eigenvalue weighted by Gasteiger charge is -2.14. The Labute approximate surface area is 113 Å². The van der Waals surface area contributed by atoms with Crippen LogP contribution in [-0.2, 0) is 4.79 Å². The third-order valence-corrected chi connectivity index (χ3v) is 3.14. The third-order valence-electron chi connectivity index (χ3n) is 3.14. The maximum absolute atomic E-state index is 11.4. The maximum atomic E-state index is 11.4. The summed E-state index contributed by atoms with van der Waals surface area (Å²) in [6.07, 6.45) is -0.519. The van der Waals surface area contributed by atoms with Gasteiger partial charge in [0.1, 0.15) is 18.1 Å². The van der Waals surface area contributed by atoms with Gasteiger partial charge in [-0.15, -0.1) is 0 Å². The van der Waals surface area contributed by atoms with E-state index >= 15 is 0 Å². The van der Waals surface area contributed by atoms with Gasteiger partial charge in [-0.2, -0.15) is 0 Å². The van der Waals surface area contributed by atoms with E-state index in [1.165, 1.54) is 0 Å². The molecule has 5 nitrogen and oxygen atoms in total. The van der Waals surface area contributed by atoms with Crippen molar-refractivity contribution in [1.29, 1.82) is 0 Å². The average Bonchev–Trinajstić information content (AvgIpc) is 2.81.